The monoisotopic (exact) mass is 331 g/mol. The van der Waals surface area contributed by atoms with E-state index in [-0.39, 0.29) is 23.7 Å². The molecule has 1 aliphatic rings. The zero-order chi connectivity index (χ0) is 16.4. The maximum atomic E-state index is 12.6. The first-order valence-electron chi connectivity index (χ1n) is 7.40. The molecule has 120 valence electrons. The Bertz CT molecular complexity index is 717. The van der Waals surface area contributed by atoms with Gasteiger partial charge in [-0.15, -0.1) is 0 Å². The zero-order valence-corrected chi connectivity index (χ0v) is 13.5. The van der Waals surface area contributed by atoms with E-state index in [1.807, 2.05) is 18.4 Å². The number of carbonyl (C=O) groups is 1. The quantitative estimate of drug-likeness (QED) is 0.675. The van der Waals surface area contributed by atoms with Crippen LogP contribution in [-0.2, 0) is 4.79 Å². The van der Waals surface area contributed by atoms with Crippen LogP contribution in [0.5, 0.6) is 0 Å². The lowest BCUT2D eigenvalue weighted by Crippen LogP contribution is -2.39. The Kier molecular flexibility index (Phi) is 4.40. The average molecular weight is 331 g/mol. The predicted octanol–water partition coefficient (Wildman–Crippen LogP) is 3.11. The van der Waals surface area contributed by atoms with E-state index >= 15 is 0 Å². The van der Waals surface area contributed by atoms with Gasteiger partial charge in [0.2, 0.25) is 5.91 Å². The Morgan fingerprint density at radius 1 is 1.43 bits per heavy atom. The smallest absolute Gasteiger partial charge is 0.271 e. The molecule has 1 saturated heterocycles. The lowest BCUT2D eigenvalue weighted by atomic mass is 10.1. The third-order valence-electron chi connectivity index (χ3n) is 4.05. The number of carbonyl (C=O) groups excluding carboxylic acids is 1. The number of anilines is 1. The molecule has 1 fully saturated rings. The number of nitrogens with one attached hydrogen (secondary N) is 1. The van der Waals surface area contributed by atoms with Crippen molar-refractivity contribution in [3.63, 3.8) is 0 Å². The second-order valence-corrected chi connectivity index (χ2v) is 6.33. The summed E-state index contributed by atoms with van der Waals surface area (Å²) >= 11 is 1.63. The minimum absolute atomic E-state index is 0.00153. The fraction of sp³-hybridized carbons (Fsp3) is 0.312. The number of nitro groups is 1. The second-order valence-electron chi connectivity index (χ2n) is 5.55. The highest BCUT2D eigenvalue weighted by atomic mass is 32.1. The van der Waals surface area contributed by atoms with Gasteiger partial charge < -0.3 is 4.90 Å². The molecule has 1 amide bonds. The van der Waals surface area contributed by atoms with Gasteiger partial charge in [-0.05, 0) is 41.8 Å². The van der Waals surface area contributed by atoms with Gasteiger partial charge in [-0.2, -0.15) is 11.3 Å². The van der Waals surface area contributed by atoms with Crippen molar-refractivity contribution in [2.24, 2.45) is 0 Å². The Morgan fingerprint density at radius 2 is 2.26 bits per heavy atom. The van der Waals surface area contributed by atoms with Gasteiger partial charge in [0.05, 0.1) is 16.7 Å². The van der Waals surface area contributed by atoms with Gasteiger partial charge >= 0.3 is 0 Å². The molecule has 1 aromatic carbocycles. The van der Waals surface area contributed by atoms with Crippen molar-refractivity contribution in [1.29, 1.82) is 0 Å². The third-order valence-corrected chi connectivity index (χ3v) is 4.75. The Morgan fingerprint density at radius 3 is 2.96 bits per heavy atom. The van der Waals surface area contributed by atoms with Crippen LogP contribution in [0.25, 0.3) is 0 Å². The van der Waals surface area contributed by atoms with Crippen LogP contribution in [0.4, 0.5) is 11.4 Å². The molecular weight excluding hydrogens is 314 g/mol. The fourth-order valence-corrected chi connectivity index (χ4v) is 3.54. The first kappa shape index (κ1) is 15.6. The first-order valence-corrected chi connectivity index (χ1v) is 8.34. The van der Waals surface area contributed by atoms with Crippen molar-refractivity contribution in [2.45, 2.75) is 25.4 Å². The molecule has 2 unspecified atom stereocenters. The van der Waals surface area contributed by atoms with E-state index in [9.17, 15) is 14.9 Å². The van der Waals surface area contributed by atoms with Crippen molar-refractivity contribution in [3.8, 4) is 0 Å². The molecule has 1 aromatic heterocycles. The van der Waals surface area contributed by atoms with E-state index in [2.05, 4.69) is 10.7 Å². The highest BCUT2D eigenvalue weighted by Crippen LogP contribution is 2.26. The van der Waals surface area contributed by atoms with Gasteiger partial charge in [-0.25, -0.2) is 0 Å². The lowest BCUT2D eigenvalue weighted by Gasteiger charge is -2.19. The van der Waals surface area contributed by atoms with Gasteiger partial charge in [-0.1, -0.05) is 6.07 Å². The molecule has 7 heteroatoms. The van der Waals surface area contributed by atoms with Crippen LogP contribution in [-0.4, -0.2) is 23.4 Å². The average Bonchev–Trinajstić information content (AvgIpc) is 3.18. The summed E-state index contributed by atoms with van der Waals surface area (Å²) in [4.78, 5) is 24.6. The highest BCUT2D eigenvalue weighted by Gasteiger charge is 2.33. The van der Waals surface area contributed by atoms with E-state index in [1.165, 1.54) is 12.1 Å². The molecule has 0 saturated carbocycles. The summed E-state index contributed by atoms with van der Waals surface area (Å²) < 4.78 is 0. The van der Waals surface area contributed by atoms with Gasteiger partial charge in [0.25, 0.3) is 5.69 Å². The Balaban J connectivity index is 1.71. The SMILES string of the molecule is CC(NC1CCN(c2cccc([N+](=O)[O-])c2)C1=O)c1ccsc1. The van der Waals surface area contributed by atoms with Crippen LogP contribution in [0.15, 0.2) is 41.1 Å². The van der Waals surface area contributed by atoms with Crippen LogP contribution >= 0.6 is 11.3 Å². The van der Waals surface area contributed by atoms with Crippen molar-refractivity contribution in [1.82, 2.24) is 5.32 Å². The van der Waals surface area contributed by atoms with Crippen molar-refractivity contribution >= 4 is 28.6 Å². The molecule has 1 N–H and O–H groups in total. The molecule has 0 aliphatic carbocycles. The van der Waals surface area contributed by atoms with Crippen LogP contribution in [0.3, 0.4) is 0 Å². The molecule has 6 nitrogen and oxygen atoms in total. The van der Waals surface area contributed by atoms with E-state index < -0.39 is 4.92 Å². The molecule has 2 atom stereocenters. The summed E-state index contributed by atoms with van der Waals surface area (Å²) in [6.07, 6.45) is 0.690. The summed E-state index contributed by atoms with van der Waals surface area (Å²) in [7, 11) is 0. The molecule has 23 heavy (non-hydrogen) atoms. The summed E-state index contributed by atoms with van der Waals surface area (Å²) in [5.74, 6) is -0.0347. The van der Waals surface area contributed by atoms with E-state index in [0.717, 1.165) is 5.56 Å². The van der Waals surface area contributed by atoms with Crippen LogP contribution < -0.4 is 10.2 Å². The van der Waals surface area contributed by atoms with Crippen LogP contribution in [0, 0.1) is 10.1 Å². The van der Waals surface area contributed by atoms with Crippen molar-refractivity contribution < 1.29 is 9.72 Å². The number of nitro benzene ring substituents is 1. The largest absolute Gasteiger partial charge is 0.311 e. The number of thiophene rings is 1. The predicted molar refractivity (Wildman–Crippen MR) is 89.7 cm³/mol. The number of hydrogen-bond acceptors (Lipinski definition) is 5. The maximum absolute atomic E-state index is 12.6. The highest BCUT2D eigenvalue weighted by molar-refractivity contribution is 7.07. The Labute approximate surface area is 137 Å². The maximum Gasteiger partial charge on any atom is 0.271 e. The molecule has 0 bridgehead atoms. The number of benzene rings is 1. The summed E-state index contributed by atoms with van der Waals surface area (Å²) in [6, 6.07) is 8.09. The summed E-state index contributed by atoms with van der Waals surface area (Å²) in [5.41, 5.74) is 1.74. The molecule has 3 rings (SSSR count). The number of nitrogens with zero attached hydrogens (tertiary/aromatic N) is 2. The summed E-state index contributed by atoms with van der Waals surface area (Å²) in [6.45, 7) is 2.60. The fourth-order valence-electron chi connectivity index (χ4n) is 2.78. The standard InChI is InChI=1S/C16H17N3O3S/c1-11(12-6-8-23-10-12)17-15-5-7-18(16(15)20)13-3-2-4-14(9-13)19(21)22/h2-4,6,8-11,15,17H,5,7H2,1H3. The lowest BCUT2D eigenvalue weighted by molar-refractivity contribution is -0.384. The van der Waals surface area contributed by atoms with Crippen molar-refractivity contribution in [2.75, 3.05) is 11.4 Å². The first-order chi connectivity index (χ1) is 11.1. The number of amides is 1. The minimum atomic E-state index is -0.446. The number of rotatable bonds is 5. The molecular formula is C16H17N3O3S. The molecule has 0 radical (unpaired) electrons. The van der Waals surface area contributed by atoms with E-state index in [1.54, 1.807) is 28.4 Å². The van der Waals surface area contributed by atoms with Gasteiger partial charge in [-0.3, -0.25) is 20.2 Å². The molecule has 0 spiro atoms. The Hall–Kier alpha value is -2.25. The normalized spacial score (nSPS) is 19.1. The van der Waals surface area contributed by atoms with Crippen LogP contribution in [0.1, 0.15) is 24.9 Å². The van der Waals surface area contributed by atoms with Crippen molar-refractivity contribution in [3.05, 3.63) is 56.8 Å². The van der Waals surface area contributed by atoms with Gasteiger partial charge in [0, 0.05) is 24.7 Å². The topological polar surface area (TPSA) is 75.5 Å². The molecule has 1 aliphatic heterocycles. The van der Waals surface area contributed by atoms with Gasteiger partial charge in [0.15, 0.2) is 0 Å². The van der Waals surface area contributed by atoms with Crippen LogP contribution in [0.2, 0.25) is 0 Å². The third kappa shape index (κ3) is 3.25. The number of hydrogen-bond donors (Lipinski definition) is 1. The minimum Gasteiger partial charge on any atom is -0.311 e. The molecule has 2 aromatic rings. The number of non-ortho nitro benzene ring substituents is 1. The molecule has 2 heterocycles. The van der Waals surface area contributed by atoms with E-state index in [0.29, 0.717) is 18.7 Å². The summed E-state index contributed by atoms with van der Waals surface area (Å²) in [5, 5.41) is 18.3. The van der Waals surface area contributed by atoms with E-state index in [4.69, 9.17) is 0 Å². The second kappa shape index (κ2) is 6.47. The van der Waals surface area contributed by atoms with Gasteiger partial charge in [0.1, 0.15) is 0 Å². The zero-order valence-electron chi connectivity index (χ0n) is 12.6.